The Hall–Kier alpha value is -2.61. The molecule has 30 heavy (non-hydrogen) atoms. The molecule has 8 heteroatoms. The Morgan fingerprint density at radius 3 is 2.87 bits per heavy atom. The van der Waals surface area contributed by atoms with E-state index in [0.717, 1.165) is 61.9 Å². The van der Waals surface area contributed by atoms with Crippen molar-refractivity contribution < 1.29 is 14.3 Å². The van der Waals surface area contributed by atoms with E-state index < -0.39 is 0 Å². The predicted octanol–water partition coefficient (Wildman–Crippen LogP) is 2.94. The Bertz CT molecular complexity index is 912. The normalized spacial score (nSPS) is 21.5. The number of fused-ring (bicyclic) bond motifs is 2. The summed E-state index contributed by atoms with van der Waals surface area (Å²) in [5, 5.41) is 12.0. The summed E-state index contributed by atoms with van der Waals surface area (Å²) < 4.78 is 13.7. The Labute approximate surface area is 176 Å². The van der Waals surface area contributed by atoms with Crippen LogP contribution in [0.5, 0.6) is 11.5 Å². The van der Waals surface area contributed by atoms with E-state index in [-0.39, 0.29) is 11.9 Å². The van der Waals surface area contributed by atoms with Crippen LogP contribution in [0.15, 0.2) is 18.2 Å². The second kappa shape index (κ2) is 8.63. The van der Waals surface area contributed by atoms with Crippen molar-refractivity contribution in [1.29, 1.82) is 0 Å². The summed E-state index contributed by atoms with van der Waals surface area (Å²) >= 11 is 0. The van der Waals surface area contributed by atoms with Gasteiger partial charge in [-0.3, -0.25) is 9.69 Å². The lowest BCUT2D eigenvalue weighted by atomic mass is 10.2. The Balaban J connectivity index is 1.26. The van der Waals surface area contributed by atoms with Crippen molar-refractivity contribution >= 4 is 11.6 Å². The van der Waals surface area contributed by atoms with Crippen LogP contribution in [0.1, 0.15) is 56.2 Å². The molecule has 0 saturated carbocycles. The van der Waals surface area contributed by atoms with E-state index in [9.17, 15) is 4.79 Å². The number of nitrogens with zero attached hydrogens (tertiary/aromatic N) is 4. The van der Waals surface area contributed by atoms with E-state index in [1.807, 2.05) is 18.2 Å². The molecule has 1 unspecified atom stereocenters. The molecule has 0 spiro atoms. The molecule has 1 N–H and O–H groups in total. The Morgan fingerprint density at radius 1 is 1.03 bits per heavy atom. The highest BCUT2D eigenvalue weighted by Gasteiger charge is 2.32. The maximum Gasteiger partial charge on any atom is 0.238 e. The minimum Gasteiger partial charge on any atom is -0.490 e. The molecule has 0 bridgehead atoms. The number of carbonyl (C=O) groups is 1. The molecule has 1 fully saturated rings. The number of ether oxygens (including phenoxy) is 2. The van der Waals surface area contributed by atoms with Crippen LogP contribution < -0.4 is 14.8 Å². The summed E-state index contributed by atoms with van der Waals surface area (Å²) in [5.74, 6) is 3.54. The highest BCUT2D eigenvalue weighted by molar-refractivity contribution is 5.92. The number of aromatic nitrogens is 3. The summed E-state index contributed by atoms with van der Waals surface area (Å²) in [6, 6.07) is 5.74. The van der Waals surface area contributed by atoms with Crippen molar-refractivity contribution in [3.05, 3.63) is 29.8 Å². The molecule has 8 nitrogen and oxygen atoms in total. The molecular weight excluding hydrogens is 382 g/mol. The van der Waals surface area contributed by atoms with Crippen LogP contribution in [0.25, 0.3) is 0 Å². The van der Waals surface area contributed by atoms with E-state index in [0.29, 0.717) is 25.5 Å². The second-order valence-electron chi connectivity index (χ2n) is 8.33. The molecule has 1 aromatic heterocycles. The summed E-state index contributed by atoms with van der Waals surface area (Å²) in [5.41, 5.74) is 0.733. The molecule has 1 atom stereocenters. The Morgan fingerprint density at radius 2 is 1.93 bits per heavy atom. The largest absolute Gasteiger partial charge is 0.490 e. The molecule has 5 rings (SSSR count). The zero-order chi connectivity index (χ0) is 20.3. The highest BCUT2D eigenvalue weighted by Crippen LogP contribution is 2.34. The van der Waals surface area contributed by atoms with Crippen LogP contribution >= 0.6 is 0 Å². The van der Waals surface area contributed by atoms with Gasteiger partial charge in [-0.2, -0.15) is 0 Å². The van der Waals surface area contributed by atoms with Gasteiger partial charge in [0.25, 0.3) is 0 Å². The van der Waals surface area contributed by atoms with Gasteiger partial charge in [-0.1, -0.05) is 6.42 Å². The molecule has 1 amide bonds. The summed E-state index contributed by atoms with van der Waals surface area (Å²) in [7, 11) is 0. The van der Waals surface area contributed by atoms with Crippen LogP contribution in [-0.2, 0) is 17.8 Å². The van der Waals surface area contributed by atoms with Crippen molar-refractivity contribution in [2.45, 2.75) is 57.5 Å². The second-order valence-corrected chi connectivity index (χ2v) is 8.33. The van der Waals surface area contributed by atoms with E-state index >= 15 is 0 Å². The molecule has 1 aromatic carbocycles. The Kier molecular flexibility index (Phi) is 5.57. The standard InChI is InChI=1S/C22H29N5O3/c28-21(23-16-8-9-18-19(14-16)30-13-5-12-29-18)15-26-10-4-6-17(26)22-25-24-20-7-2-1-3-11-27(20)22/h8-9,14,17H,1-7,10-13,15H2,(H,23,28). The van der Waals surface area contributed by atoms with Crippen LogP contribution in [-0.4, -0.2) is 51.9 Å². The van der Waals surface area contributed by atoms with Gasteiger partial charge in [0.15, 0.2) is 11.5 Å². The summed E-state index contributed by atoms with van der Waals surface area (Å²) in [6.45, 7) is 3.53. The van der Waals surface area contributed by atoms with Gasteiger partial charge in [0.1, 0.15) is 11.6 Å². The van der Waals surface area contributed by atoms with E-state index in [2.05, 4.69) is 25.0 Å². The van der Waals surface area contributed by atoms with Crippen LogP contribution in [0.4, 0.5) is 5.69 Å². The number of benzene rings is 1. The SMILES string of the molecule is O=C(CN1CCCC1c1nnc2n1CCCCC2)Nc1ccc2c(c1)OCCCO2. The van der Waals surface area contributed by atoms with E-state index in [1.165, 1.54) is 19.3 Å². The van der Waals surface area contributed by atoms with Crippen LogP contribution in [0, 0.1) is 0 Å². The number of aryl methyl sites for hydroxylation is 1. The molecule has 3 aliphatic rings. The van der Waals surface area contributed by atoms with Gasteiger partial charge in [-0.05, 0) is 44.4 Å². The maximum absolute atomic E-state index is 12.8. The lowest BCUT2D eigenvalue weighted by Crippen LogP contribution is -2.34. The number of hydrogen-bond acceptors (Lipinski definition) is 6. The average Bonchev–Trinajstić information content (AvgIpc) is 3.17. The fraction of sp³-hybridized carbons (Fsp3) is 0.591. The van der Waals surface area contributed by atoms with Gasteiger partial charge in [-0.15, -0.1) is 10.2 Å². The van der Waals surface area contributed by atoms with Gasteiger partial charge in [0.05, 0.1) is 25.8 Å². The molecule has 0 aliphatic carbocycles. The fourth-order valence-electron chi connectivity index (χ4n) is 4.69. The fourth-order valence-corrected chi connectivity index (χ4v) is 4.69. The first kappa shape index (κ1) is 19.4. The minimum absolute atomic E-state index is 0.0213. The topological polar surface area (TPSA) is 81.5 Å². The molecule has 3 aliphatic heterocycles. The van der Waals surface area contributed by atoms with Gasteiger partial charge in [0, 0.05) is 31.1 Å². The zero-order valence-corrected chi connectivity index (χ0v) is 17.3. The molecular formula is C22H29N5O3. The number of likely N-dealkylation sites (tertiary alicyclic amines) is 1. The third-order valence-corrected chi connectivity index (χ3v) is 6.18. The van der Waals surface area contributed by atoms with Gasteiger partial charge in [0.2, 0.25) is 5.91 Å². The first-order chi connectivity index (χ1) is 14.8. The number of hydrogen-bond donors (Lipinski definition) is 1. The monoisotopic (exact) mass is 411 g/mol. The smallest absolute Gasteiger partial charge is 0.238 e. The first-order valence-corrected chi connectivity index (χ1v) is 11.1. The van der Waals surface area contributed by atoms with Crippen LogP contribution in [0.3, 0.4) is 0 Å². The predicted molar refractivity (Wildman–Crippen MR) is 112 cm³/mol. The molecule has 160 valence electrons. The lowest BCUT2D eigenvalue weighted by molar-refractivity contribution is -0.117. The van der Waals surface area contributed by atoms with Crippen LogP contribution in [0.2, 0.25) is 0 Å². The molecule has 0 radical (unpaired) electrons. The zero-order valence-electron chi connectivity index (χ0n) is 17.3. The summed E-state index contributed by atoms with van der Waals surface area (Å²) in [6.07, 6.45) is 7.57. The maximum atomic E-state index is 12.8. The molecule has 1 saturated heterocycles. The molecule has 4 heterocycles. The quantitative estimate of drug-likeness (QED) is 0.833. The van der Waals surface area contributed by atoms with Crippen molar-refractivity contribution in [1.82, 2.24) is 19.7 Å². The number of nitrogens with one attached hydrogen (secondary N) is 1. The first-order valence-electron chi connectivity index (χ1n) is 11.1. The number of amides is 1. The van der Waals surface area contributed by atoms with Crippen molar-refractivity contribution in [2.24, 2.45) is 0 Å². The van der Waals surface area contributed by atoms with Crippen molar-refractivity contribution in [2.75, 3.05) is 31.6 Å². The number of rotatable bonds is 4. The van der Waals surface area contributed by atoms with E-state index in [1.54, 1.807) is 0 Å². The third-order valence-electron chi connectivity index (χ3n) is 6.18. The van der Waals surface area contributed by atoms with E-state index in [4.69, 9.17) is 9.47 Å². The molecule has 2 aromatic rings. The average molecular weight is 412 g/mol. The van der Waals surface area contributed by atoms with Crippen molar-refractivity contribution in [3.8, 4) is 11.5 Å². The van der Waals surface area contributed by atoms with Crippen molar-refractivity contribution in [3.63, 3.8) is 0 Å². The lowest BCUT2D eigenvalue weighted by Gasteiger charge is -2.24. The number of carbonyl (C=O) groups excluding carboxylic acids is 1. The minimum atomic E-state index is -0.0213. The summed E-state index contributed by atoms with van der Waals surface area (Å²) in [4.78, 5) is 15.0. The number of anilines is 1. The third kappa shape index (κ3) is 4.01. The highest BCUT2D eigenvalue weighted by atomic mass is 16.5. The van der Waals surface area contributed by atoms with Gasteiger partial charge in [-0.25, -0.2) is 0 Å². The van der Waals surface area contributed by atoms with Gasteiger partial charge >= 0.3 is 0 Å². The van der Waals surface area contributed by atoms with Gasteiger partial charge < -0.3 is 19.4 Å².